The molecule has 0 saturated heterocycles. The van der Waals surface area contributed by atoms with E-state index in [1.807, 2.05) is 30.3 Å². The van der Waals surface area contributed by atoms with Gasteiger partial charge in [-0.1, -0.05) is 24.3 Å². The second-order valence-corrected chi connectivity index (χ2v) is 9.97. The number of aryl methyl sites for hydroxylation is 1. The van der Waals surface area contributed by atoms with Crippen LogP contribution in [0.4, 0.5) is 0 Å². The van der Waals surface area contributed by atoms with E-state index >= 15 is 0 Å². The number of nitrogens with one attached hydrogen (secondary N) is 1. The molecule has 1 aromatic rings. The van der Waals surface area contributed by atoms with Gasteiger partial charge in [-0.2, -0.15) is 0 Å². The van der Waals surface area contributed by atoms with Gasteiger partial charge in [0, 0.05) is 18.0 Å². The molecule has 0 aliphatic heterocycles. The number of carbonyl (C=O) groups is 1. The van der Waals surface area contributed by atoms with E-state index in [4.69, 9.17) is 9.84 Å². The summed E-state index contributed by atoms with van der Waals surface area (Å²) in [6.45, 7) is 0. The van der Waals surface area contributed by atoms with Crippen molar-refractivity contribution in [2.24, 2.45) is 11.8 Å². The van der Waals surface area contributed by atoms with Crippen molar-refractivity contribution in [3.8, 4) is 5.75 Å². The summed E-state index contributed by atoms with van der Waals surface area (Å²) >= 11 is 0. The lowest BCUT2D eigenvalue weighted by atomic mass is 9.93. The molecule has 0 amide bonds. The predicted molar refractivity (Wildman–Crippen MR) is 117 cm³/mol. The Morgan fingerprint density at radius 3 is 2.83 bits per heavy atom. The number of hydrogen-bond donors (Lipinski definition) is 2. The van der Waals surface area contributed by atoms with Gasteiger partial charge in [-0.3, -0.25) is 9.52 Å². The third kappa shape index (κ3) is 6.11. The van der Waals surface area contributed by atoms with E-state index in [9.17, 15) is 13.2 Å². The van der Waals surface area contributed by atoms with E-state index in [0.717, 1.165) is 49.1 Å². The van der Waals surface area contributed by atoms with Gasteiger partial charge in [0.25, 0.3) is 0 Å². The fourth-order valence-corrected chi connectivity index (χ4v) is 5.71. The largest absolute Gasteiger partial charge is 0.497 e. The van der Waals surface area contributed by atoms with Gasteiger partial charge >= 0.3 is 5.97 Å². The predicted octanol–water partition coefficient (Wildman–Crippen LogP) is 4.04. The monoisotopic (exact) mass is 433 g/mol. The fourth-order valence-electron chi connectivity index (χ4n) is 4.47. The van der Waals surface area contributed by atoms with Crippen molar-refractivity contribution < 1.29 is 23.1 Å². The second kappa shape index (κ2) is 10.2. The Morgan fingerprint density at radius 1 is 1.27 bits per heavy atom. The molecule has 7 heteroatoms. The van der Waals surface area contributed by atoms with Crippen LogP contribution in [0.2, 0.25) is 0 Å². The maximum atomic E-state index is 12.8. The highest BCUT2D eigenvalue weighted by Gasteiger charge is 2.39. The van der Waals surface area contributed by atoms with Crippen LogP contribution in [0.3, 0.4) is 0 Å². The number of carboxylic acid groups (broad SMARTS) is 1. The van der Waals surface area contributed by atoms with E-state index in [2.05, 4.69) is 10.8 Å². The van der Waals surface area contributed by atoms with Gasteiger partial charge in [0.1, 0.15) is 5.75 Å². The Labute approximate surface area is 179 Å². The number of allylic oxidation sites excluding steroid dienone is 4. The third-order valence-corrected chi connectivity index (χ3v) is 7.28. The van der Waals surface area contributed by atoms with Crippen LogP contribution in [0.5, 0.6) is 5.75 Å². The summed E-state index contributed by atoms with van der Waals surface area (Å²) in [5.74, 6) is 0.780. The molecule has 3 rings (SSSR count). The van der Waals surface area contributed by atoms with Crippen LogP contribution in [-0.4, -0.2) is 32.4 Å². The zero-order valence-electron chi connectivity index (χ0n) is 17.5. The highest BCUT2D eigenvalue weighted by molar-refractivity contribution is 7.89. The van der Waals surface area contributed by atoms with Crippen molar-refractivity contribution in [3.05, 3.63) is 53.3 Å². The lowest BCUT2D eigenvalue weighted by Crippen LogP contribution is -2.30. The van der Waals surface area contributed by atoms with Gasteiger partial charge in [0.05, 0.1) is 12.9 Å². The standard InChI is InChI=1S/C23H31NO5S/c1-29-20-8-6-7-17(15-20)13-14-30(27,28)24-23-19-12-11-18(16-19)21(23)9-4-2-3-5-10-22(25)26/h2,4,6-8,15,18-19,24H,3,5,9-14,16H2,1H3,(H,25,26). The molecule has 2 N–H and O–H groups in total. The number of unbranched alkanes of at least 4 members (excludes halogenated alkanes) is 1. The molecule has 2 bridgehead atoms. The zero-order valence-corrected chi connectivity index (χ0v) is 18.3. The summed E-state index contributed by atoms with van der Waals surface area (Å²) < 4.78 is 33.6. The van der Waals surface area contributed by atoms with Gasteiger partial charge < -0.3 is 9.84 Å². The maximum Gasteiger partial charge on any atom is 0.303 e. The molecule has 1 saturated carbocycles. The van der Waals surface area contributed by atoms with Crippen LogP contribution in [0.1, 0.15) is 50.5 Å². The van der Waals surface area contributed by atoms with Crippen molar-refractivity contribution in [1.82, 2.24) is 4.72 Å². The van der Waals surface area contributed by atoms with Crippen molar-refractivity contribution in [3.63, 3.8) is 0 Å². The van der Waals surface area contributed by atoms with E-state index in [-0.39, 0.29) is 12.2 Å². The van der Waals surface area contributed by atoms with E-state index in [1.54, 1.807) is 7.11 Å². The second-order valence-electron chi connectivity index (χ2n) is 8.13. The Hall–Kier alpha value is -2.28. The van der Waals surface area contributed by atoms with Gasteiger partial charge in [0.15, 0.2) is 0 Å². The lowest BCUT2D eigenvalue weighted by Gasteiger charge is -2.21. The minimum Gasteiger partial charge on any atom is -0.497 e. The molecule has 0 heterocycles. The first-order valence-corrected chi connectivity index (χ1v) is 12.3. The van der Waals surface area contributed by atoms with Crippen LogP contribution < -0.4 is 9.46 Å². The molecular formula is C23H31NO5S. The molecule has 164 valence electrons. The first-order chi connectivity index (χ1) is 14.4. The van der Waals surface area contributed by atoms with Crippen LogP contribution in [0.15, 0.2) is 47.7 Å². The molecular weight excluding hydrogens is 402 g/mol. The average Bonchev–Trinajstić information content (AvgIpc) is 3.31. The normalized spacial score (nSPS) is 20.8. The van der Waals surface area contributed by atoms with Crippen LogP contribution >= 0.6 is 0 Å². The lowest BCUT2D eigenvalue weighted by molar-refractivity contribution is -0.137. The number of fused-ring (bicyclic) bond motifs is 2. The molecule has 6 nitrogen and oxygen atoms in total. The molecule has 1 aromatic carbocycles. The summed E-state index contributed by atoms with van der Waals surface area (Å²) in [7, 11) is -1.83. The minimum atomic E-state index is -3.42. The summed E-state index contributed by atoms with van der Waals surface area (Å²) in [4.78, 5) is 10.6. The van der Waals surface area contributed by atoms with Crippen molar-refractivity contribution in [1.29, 1.82) is 0 Å². The smallest absolute Gasteiger partial charge is 0.303 e. The first-order valence-electron chi connectivity index (χ1n) is 10.6. The number of rotatable bonds is 12. The summed E-state index contributed by atoms with van der Waals surface area (Å²) in [6.07, 6.45) is 9.99. The third-order valence-electron chi connectivity index (χ3n) is 6.00. The minimum absolute atomic E-state index is 0.0410. The Kier molecular flexibility index (Phi) is 7.58. The molecule has 2 atom stereocenters. The number of methoxy groups -OCH3 is 1. The molecule has 0 aromatic heterocycles. The maximum absolute atomic E-state index is 12.8. The SMILES string of the molecule is COc1cccc(CCS(=O)(=O)NC2=C(CC=CCCCC(=O)O)C3CCC2C3)c1. The van der Waals surface area contributed by atoms with E-state index in [1.165, 1.54) is 5.57 Å². The number of carboxylic acids is 1. The molecule has 1 fully saturated rings. The van der Waals surface area contributed by atoms with E-state index in [0.29, 0.717) is 24.7 Å². The Balaban J connectivity index is 1.60. The Bertz CT molecular complexity index is 919. The highest BCUT2D eigenvalue weighted by Crippen LogP contribution is 2.49. The molecule has 0 radical (unpaired) electrons. The molecule has 30 heavy (non-hydrogen) atoms. The fraction of sp³-hybridized carbons (Fsp3) is 0.522. The highest BCUT2D eigenvalue weighted by atomic mass is 32.2. The van der Waals surface area contributed by atoms with Crippen LogP contribution in [-0.2, 0) is 21.2 Å². The first kappa shape index (κ1) is 22.4. The average molecular weight is 434 g/mol. The number of ether oxygens (including phenoxy) is 1. The van der Waals surface area contributed by atoms with Gasteiger partial charge in [-0.25, -0.2) is 8.42 Å². The quantitative estimate of drug-likeness (QED) is 0.383. The number of sulfonamides is 1. The molecule has 2 aliphatic rings. The number of hydrogen-bond acceptors (Lipinski definition) is 4. The number of aliphatic carboxylic acids is 1. The summed E-state index contributed by atoms with van der Waals surface area (Å²) in [6, 6.07) is 7.49. The molecule has 2 aliphatic carbocycles. The van der Waals surface area contributed by atoms with Crippen molar-refractivity contribution in [2.75, 3.05) is 12.9 Å². The van der Waals surface area contributed by atoms with Crippen LogP contribution in [0.25, 0.3) is 0 Å². The van der Waals surface area contributed by atoms with Gasteiger partial charge in [-0.05, 0) is 74.1 Å². The zero-order chi connectivity index (χ0) is 21.6. The van der Waals surface area contributed by atoms with Crippen molar-refractivity contribution >= 4 is 16.0 Å². The number of benzene rings is 1. The van der Waals surface area contributed by atoms with Gasteiger partial charge in [-0.15, -0.1) is 0 Å². The van der Waals surface area contributed by atoms with Crippen LogP contribution in [0, 0.1) is 11.8 Å². The van der Waals surface area contributed by atoms with Crippen molar-refractivity contribution in [2.45, 2.75) is 51.4 Å². The molecule has 0 spiro atoms. The summed E-state index contributed by atoms with van der Waals surface area (Å²) in [5, 5.41) is 8.70. The van der Waals surface area contributed by atoms with E-state index < -0.39 is 16.0 Å². The summed E-state index contributed by atoms with van der Waals surface area (Å²) in [5.41, 5.74) is 3.06. The van der Waals surface area contributed by atoms with Gasteiger partial charge in [0.2, 0.25) is 10.0 Å². The molecule has 2 unspecified atom stereocenters. The topological polar surface area (TPSA) is 92.7 Å². The Morgan fingerprint density at radius 2 is 2.07 bits per heavy atom.